The van der Waals surface area contributed by atoms with Gasteiger partial charge in [-0.1, -0.05) is 11.6 Å². The molecule has 3 heterocycles. The fourth-order valence-electron chi connectivity index (χ4n) is 3.69. The fourth-order valence-corrected chi connectivity index (χ4v) is 3.82. The number of hydrogen-bond acceptors (Lipinski definition) is 5. The van der Waals surface area contributed by atoms with E-state index in [4.69, 9.17) is 16.0 Å². The molecule has 1 aromatic carbocycles. The van der Waals surface area contributed by atoms with Crippen molar-refractivity contribution in [2.75, 3.05) is 39.3 Å². The summed E-state index contributed by atoms with van der Waals surface area (Å²) in [5.41, 5.74) is 1.53. The van der Waals surface area contributed by atoms with Crippen LogP contribution in [0.2, 0.25) is 5.02 Å². The van der Waals surface area contributed by atoms with Crippen molar-refractivity contribution in [3.05, 3.63) is 41.2 Å². The van der Waals surface area contributed by atoms with Crippen LogP contribution in [0.4, 0.5) is 0 Å². The molecule has 2 fully saturated rings. The summed E-state index contributed by atoms with van der Waals surface area (Å²) < 4.78 is 5.53. The first-order chi connectivity index (χ1) is 12.7. The zero-order chi connectivity index (χ0) is 17.9. The predicted molar refractivity (Wildman–Crippen MR) is 100 cm³/mol. The van der Waals surface area contributed by atoms with E-state index >= 15 is 0 Å². The zero-order valence-corrected chi connectivity index (χ0v) is 15.4. The molecule has 1 unspecified atom stereocenters. The highest BCUT2D eigenvalue weighted by atomic mass is 35.5. The van der Waals surface area contributed by atoms with Gasteiger partial charge in [0.2, 0.25) is 11.8 Å². The third kappa shape index (κ3) is 3.92. The van der Waals surface area contributed by atoms with Gasteiger partial charge in [-0.15, -0.1) is 0 Å². The van der Waals surface area contributed by atoms with Gasteiger partial charge in [-0.25, -0.2) is 4.98 Å². The quantitative estimate of drug-likeness (QED) is 0.887. The smallest absolute Gasteiger partial charge is 0.228 e. The Morgan fingerprint density at radius 3 is 2.77 bits per heavy atom. The number of piperazine rings is 1. The van der Waals surface area contributed by atoms with Gasteiger partial charge in [-0.3, -0.25) is 9.69 Å². The van der Waals surface area contributed by atoms with Gasteiger partial charge in [0.25, 0.3) is 0 Å². The number of benzene rings is 1. The minimum absolute atomic E-state index is 0.124. The molecule has 26 heavy (non-hydrogen) atoms. The average Bonchev–Trinajstić information content (AvgIpc) is 3.33. The SMILES string of the molecule is O=C(Cc1coc(-c2ccc(Cl)cc2)n1)N1CCC(N2CCNCC2)C1. The first-order valence-electron chi connectivity index (χ1n) is 9.12. The monoisotopic (exact) mass is 374 g/mol. The number of likely N-dealkylation sites (tertiary alicyclic amines) is 1. The summed E-state index contributed by atoms with van der Waals surface area (Å²) in [5, 5.41) is 4.05. The highest BCUT2D eigenvalue weighted by Crippen LogP contribution is 2.22. The Balaban J connectivity index is 1.34. The van der Waals surface area contributed by atoms with Crippen molar-refractivity contribution in [3.8, 4) is 11.5 Å². The third-order valence-electron chi connectivity index (χ3n) is 5.16. The molecule has 2 aromatic rings. The number of halogens is 1. The lowest BCUT2D eigenvalue weighted by Crippen LogP contribution is -2.49. The summed E-state index contributed by atoms with van der Waals surface area (Å²) in [6.07, 6.45) is 2.91. The molecule has 2 aliphatic rings. The molecule has 0 spiro atoms. The molecule has 1 atom stereocenters. The van der Waals surface area contributed by atoms with Crippen LogP contribution in [0.25, 0.3) is 11.5 Å². The highest BCUT2D eigenvalue weighted by molar-refractivity contribution is 6.30. The number of carbonyl (C=O) groups is 1. The second kappa shape index (κ2) is 7.78. The van der Waals surface area contributed by atoms with Crippen molar-refractivity contribution in [2.45, 2.75) is 18.9 Å². The van der Waals surface area contributed by atoms with Gasteiger partial charge >= 0.3 is 0 Å². The minimum Gasteiger partial charge on any atom is -0.444 e. The molecule has 1 N–H and O–H groups in total. The lowest BCUT2D eigenvalue weighted by molar-refractivity contribution is -0.129. The number of nitrogens with one attached hydrogen (secondary N) is 1. The predicted octanol–water partition coefficient (Wildman–Crippen LogP) is 2.04. The Kier molecular flexibility index (Phi) is 5.24. The summed E-state index contributed by atoms with van der Waals surface area (Å²) in [7, 11) is 0. The number of oxazole rings is 1. The number of hydrogen-bond donors (Lipinski definition) is 1. The zero-order valence-electron chi connectivity index (χ0n) is 14.7. The van der Waals surface area contributed by atoms with Crippen molar-refractivity contribution in [1.82, 2.24) is 20.1 Å². The number of carbonyl (C=O) groups excluding carboxylic acids is 1. The van der Waals surface area contributed by atoms with E-state index in [9.17, 15) is 4.79 Å². The number of amides is 1. The molecule has 0 radical (unpaired) electrons. The molecule has 0 saturated carbocycles. The summed E-state index contributed by atoms with van der Waals surface area (Å²) in [6, 6.07) is 7.80. The van der Waals surface area contributed by atoms with Crippen molar-refractivity contribution in [3.63, 3.8) is 0 Å². The lowest BCUT2D eigenvalue weighted by atomic mass is 10.2. The van der Waals surface area contributed by atoms with Gasteiger partial charge in [0, 0.05) is 55.9 Å². The van der Waals surface area contributed by atoms with Gasteiger partial charge < -0.3 is 14.6 Å². The summed E-state index contributed by atoms with van der Waals surface area (Å²) in [6.45, 7) is 5.87. The van der Waals surface area contributed by atoms with E-state index < -0.39 is 0 Å². The van der Waals surface area contributed by atoms with Crippen LogP contribution in [0.3, 0.4) is 0 Å². The minimum atomic E-state index is 0.124. The van der Waals surface area contributed by atoms with Crippen LogP contribution in [0.1, 0.15) is 12.1 Å². The molecular weight excluding hydrogens is 352 g/mol. The first kappa shape index (κ1) is 17.5. The first-order valence-corrected chi connectivity index (χ1v) is 9.50. The van der Waals surface area contributed by atoms with Crippen molar-refractivity contribution >= 4 is 17.5 Å². The molecule has 7 heteroatoms. The summed E-state index contributed by atoms with van der Waals surface area (Å²) >= 11 is 5.91. The molecule has 1 aromatic heterocycles. The second-order valence-electron chi connectivity index (χ2n) is 6.90. The molecule has 1 amide bonds. The Morgan fingerprint density at radius 2 is 2.00 bits per heavy atom. The van der Waals surface area contributed by atoms with Crippen molar-refractivity contribution in [1.29, 1.82) is 0 Å². The van der Waals surface area contributed by atoms with E-state index in [1.54, 1.807) is 18.4 Å². The Bertz CT molecular complexity index is 755. The molecule has 2 saturated heterocycles. The largest absolute Gasteiger partial charge is 0.444 e. The van der Waals surface area contributed by atoms with Crippen molar-refractivity contribution < 1.29 is 9.21 Å². The van der Waals surface area contributed by atoms with Gasteiger partial charge in [0.05, 0.1) is 12.1 Å². The van der Waals surface area contributed by atoms with E-state index in [-0.39, 0.29) is 12.3 Å². The maximum absolute atomic E-state index is 12.6. The Morgan fingerprint density at radius 1 is 1.23 bits per heavy atom. The van der Waals surface area contributed by atoms with E-state index in [1.165, 1.54) is 0 Å². The van der Waals surface area contributed by atoms with E-state index in [0.29, 0.717) is 22.6 Å². The summed E-state index contributed by atoms with van der Waals surface area (Å²) in [5.74, 6) is 0.642. The topological polar surface area (TPSA) is 61.6 Å². The van der Waals surface area contributed by atoms with Gasteiger partial charge in [0.15, 0.2) is 0 Å². The summed E-state index contributed by atoms with van der Waals surface area (Å²) in [4.78, 5) is 21.5. The van der Waals surface area contributed by atoms with Crippen molar-refractivity contribution in [2.24, 2.45) is 0 Å². The molecule has 0 aliphatic carbocycles. The van der Waals surface area contributed by atoms with Crippen LogP contribution in [0.15, 0.2) is 34.9 Å². The number of aromatic nitrogens is 1. The molecule has 4 rings (SSSR count). The average molecular weight is 375 g/mol. The fraction of sp³-hybridized carbons (Fsp3) is 0.474. The number of nitrogens with zero attached hydrogens (tertiary/aromatic N) is 3. The lowest BCUT2D eigenvalue weighted by Gasteiger charge is -2.32. The Hall–Kier alpha value is -1.89. The number of rotatable bonds is 4. The van der Waals surface area contributed by atoms with Gasteiger partial charge in [-0.2, -0.15) is 0 Å². The molecular formula is C19H23ClN4O2. The van der Waals surface area contributed by atoms with Crippen LogP contribution in [-0.4, -0.2) is 66.0 Å². The second-order valence-corrected chi connectivity index (χ2v) is 7.33. The molecule has 0 bridgehead atoms. The van der Waals surface area contributed by atoms with Crippen LogP contribution >= 0.6 is 11.6 Å². The van der Waals surface area contributed by atoms with Gasteiger partial charge in [0.1, 0.15) is 6.26 Å². The van der Waals surface area contributed by atoms with Gasteiger partial charge in [-0.05, 0) is 30.7 Å². The van der Waals surface area contributed by atoms with Crippen LogP contribution in [0.5, 0.6) is 0 Å². The Labute approximate surface area is 158 Å². The van der Waals surface area contributed by atoms with Crippen LogP contribution < -0.4 is 5.32 Å². The molecule has 6 nitrogen and oxygen atoms in total. The molecule has 2 aliphatic heterocycles. The van der Waals surface area contributed by atoms with E-state index in [0.717, 1.165) is 51.3 Å². The maximum Gasteiger partial charge on any atom is 0.228 e. The van der Waals surface area contributed by atoms with Crippen LogP contribution in [-0.2, 0) is 11.2 Å². The van der Waals surface area contributed by atoms with Crippen LogP contribution in [0, 0.1) is 0 Å². The standard InChI is InChI=1S/C19H23ClN4O2/c20-15-3-1-14(2-4-15)19-22-16(13-26-19)11-18(25)24-8-5-17(12-24)23-9-6-21-7-10-23/h1-4,13,17,21H,5-12H2. The van der Waals surface area contributed by atoms with E-state index in [2.05, 4.69) is 15.2 Å². The normalized spacial score (nSPS) is 21.3. The maximum atomic E-state index is 12.6. The third-order valence-corrected chi connectivity index (χ3v) is 5.41. The highest BCUT2D eigenvalue weighted by Gasteiger charge is 2.31. The van der Waals surface area contributed by atoms with E-state index in [1.807, 2.05) is 17.0 Å². The molecule has 138 valence electrons.